The fourth-order valence-electron chi connectivity index (χ4n) is 2.64. The van der Waals surface area contributed by atoms with Crippen LogP contribution in [0.2, 0.25) is 0 Å². The summed E-state index contributed by atoms with van der Waals surface area (Å²) in [5.41, 5.74) is 0.584. The van der Waals surface area contributed by atoms with Gasteiger partial charge in [-0.15, -0.1) is 10.2 Å². The van der Waals surface area contributed by atoms with Crippen molar-refractivity contribution in [2.24, 2.45) is 0 Å². The van der Waals surface area contributed by atoms with Gasteiger partial charge in [-0.25, -0.2) is 9.67 Å². The summed E-state index contributed by atoms with van der Waals surface area (Å²) in [4.78, 5) is 20.1. The highest BCUT2D eigenvalue weighted by Crippen LogP contribution is 2.15. The highest BCUT2D eigenvalue weighted by atomic mass is 16.3. The van der Waals surface area contributed by atoms with Gasteiger partial charge in [0, 0.05) is 26.2 Å². The first-order valence-electron chi connectivity index (χ1n) is 7.56. The van der Waals surface area contributed by atoms with Gasteiger partial charge in [0.25, 0.3) is 5.91 Å². The van der Waals surface area contributed by atoms with E-state index in [-0.39, 0.29) is 5.91 Å². The van der Waals surface area contributed by atoms with Crippen LogP contribution in [-0.2, 0) is 0 Å². The number of anilines is 1. The molecule has 1 saturated heterocycles. The van der Waals surface area contributed by atoms with Crippen molar-refractivity contribution in [3.05, 3.63) is 48.9 Å². The first kappa shape index (κ1) is 14.4. The molecule has 1 aliphatic rings. The Balaban J connectivity index is 1.40. The molecule has 0 spiro atoms. The lowest BCUT2D eigenvalue weighted by Crippen LogP contribution is -2.49. The van der Waals surface area contributed by atoms with E-state index >= 15 is 0 Å². The average Bonchev–Trinajstić information content (AvgIpc) is 3.35. The minimum absolute atomic E-state index is 0.00369. The number of carbonyl (C=O) groups is 1. The van der Waals surface area contributed by atoms with Gasteiger partial charge in [0.2, 0.25) is 0 Å². The van der Waals surface area contributed by atoms with Crippen molar-refractivity contribution < 1.29 is 9.21 Å². The molecule has 4 rings (SSSR count). The monoisotopic (exact) mass is 325 g/mol. The molecular formula is C15H15N7O2. The Morgan fingerprint density at radius 3 is 2.46 bits per heavy atom. The quantitative estimate of drug-likeness (QED) is 0.696. The van der Waals surface area contributed by atoms with Gasteiger partial charge >= 0.3 is 0 Å². The summed E-state index contributed by atoms with van der Waals surface area (Å²) >= 11 is 0. The maximum atomic E-state index is 12.3. The van der Waals surface area contributed by atoms with E-state index < -0.39 is 0 Å². The Labute approximate surface area is 137 Å². The Kier molecular flexibility index (Phi) is 3.66. The Morgan fingerprint density at radius 2 is 1.83 bits per heavy atom. The van der Waals surface area contributed by atoms with Crippen LogP contribution >= 0.6 is 0 Å². The van der Waals surface area contributed by atoms with E-state index in [1.165, 1.54) is 18.9 Å². The number of hydrogen-bond donors (Lipinski definition) is 0. The molecule has 0 aliphatic carbocycles. The smallest absolute Gasteiger partial charge is 0.257 e. The summed E-state index contributed by atoms with van der Waals surface area (Å²) in [5, 5.41) is 12.4. The van der Waals surface area contributed by atoms with Crippen molar-refractivity contribution in [1.29, 1.82) is 0 Å². The molecule has 1 fully saturated rings. The molecular weight excluding hydrogens is 310 g/mol. The first-order chi connectivity index (χ1) is 11.8. The summed E-state index contributed by atoms with van der Waals surface area (Å²) in [6.45, 7) is 2.69. The van der Waals surface area contributed by atoms with E-state index in [0.717, 1.165) is 5.82 Å². The number of piperazine rings is 1. The zero-order valence-electron chi connectivity index (χ0n) is 12.8. The van der Waals surface area contributed by atoms with Crippen molar-refractivity contribution in [1.82, 2.24) is 29.9 Å². The molecule has 1 aliphatic heterocycles. The topological polar surface area (TPSA) is 93.2 Å². The predicted molar refractivity (Wildman–Crippen MR) is 83.8 cm³/mol. The molecule has 4 heterocycles. The molecule has 122 valence electrons. The average molecular weight is 325 g/mol. The number of rotatable bonds is 3. The number of carbonyl (C=O) groups excluding carboxylic acids is 1. The summed E-state index contributed by atoms with van der Waals surface area (Å²) in [7, 11) is 0. The third kappa shape index (κ3) is 2.71. The first-order valence-corrected chi connectivity index (χ1v) is 7.56. The van der Waals surface area contributed by atoms with Crippen LogP contribution in [0.25, 0.3) is 5.82 Å². The number of amides is 1. The van der Waals surface area contributed by atoms with Crippen LogP contribution in [0.3, 0.4) is 0 Å². The maximum absolute atomic E-state index is 12.3. The van der Waals surface area contributed by atoms with Gasteiger partial charge in [-0.2, -0.15) is 5.10 Å². The van der Waals surface area contributed by atoms with Crippen molar-refractivity contribution in [2.45, 2.75) is 0 Å². The second-order valence-corrected chi connectivity index (χ2v) is 5.38. The Bertz CT molecular complexity index is 791. The minimum atomic E-state index is -0.00369. The normalized spacial score (nSPS) is 14.8. The lowest BCUT2D eigenvalue weighted by atomic mass is 10.2. The number of furan rings is 1. The van der Waals surface area contributed by atoms with Crippen LogP contribution in [0.15, 0.2) is 47.8 Å². The van der Waals surface area contributed by atoms with E-state index in [1.807, 2.05) is 17.0 Å². The highest BCUT2D eigenvalue weighted by molar-refractivity contribution is 5.94. The zero-order valence-corrected chi connectivity index (χ0v) is 12.8. The van der Waals surface area contributed by atoms with Crippen molar-refractivity contribution >= 4 is 11.7 Å². The van der Waals surface area contributed by atoms with Crippen molar-refractivity contribution in [2.75, 3.05) is 31.1 Å². The van der Waals surface area contributed by atoms with E-state index in [1.54, 1.807) is 17.1 Å². The standard InChI is InChI=1S/C15H15N7O2/c23-15(12-3-8-24-9-12)21-6-4-20(5-7-21)13-1-2-14(19-18-13)22-11-16-10-17-22/h1-3,8-11H,4-7H2. The van der Waals surface area contributed by atoms with Gasteiger partial charge in [0.05, 0.1) is 11.8 Å². The third-order valence-electron chi connectivity index (χ3n) is 3.95. The van der Waals surface area contributed by atoms with Crippen LogP contribution in [-0.4, -0.2) is 61.9 Å². The molecule has 24 heavy (non-hydrogen) atoms. The summed E-state index contributed by atoms with van der Waals surface area (Å²) < 4.78 is 6.52. The number of aromatic nitrogens is 5. The molecule has 9 nitrogen and oxygen atoms in total. The van der Waals surface area contributed by atoms with E-state index in [9.17, 15) is 4.79 Å². The molecule has 0 radical (unpaired) electrons. The van der Waals surface area contributed by atoms with Gasteiger partial charge in [0.1, 0.15) is 18.9 Å². The SMILES string of the molecule is O=C(c1ccoc1)N1CCN(c2ccc(-n3cncn3)nn2)CC1. The molecule has 1 amide bonds. The van der Waals surface area contributed by atoms with Gasteiger partial charge < -0.3 is 14.2 Å². The van der Waals surface area contributed by atoms with Gasteiger partial charge in [0.15, 0.2) is 11.6 Å². The van der Waals surface area contributed by atoms with Gasteiger partial charge in [-0.3, -0.25) is 4.79 Å². The molecule has 3 aromatic rings. The van der Waals surface area contributed by atoms with Crippen molar-refractivity contribution in [3.63, 3.8) is 0 Å². The predicted octanol–water partition coefficient (Wildman–Crippen LogP) is 0.613. The van der Waals surface area contributed by atoms with E-state index in [0.29, 0.717) is 37.6 Å². The van der Waals surface area contributed by atoms with Crippen LogP contribution in [0.1, 0.15) is 10.4 Å². The molecule has 0 atom stereocenters. The molecule has 0 aromatic carbocycles. The summed E-state index contributed by atoms with van der Waals surface area (Å²) in [6.07, 6.45) is 6.01. The zero-order chi connectivity index (χ0) is 16.4. The summed E-state index contributed by atoms with van der Waals surface area (Å²) in [5.74, 6) is 1.40. The minimum Gasteiger partial charge on any atom is -0.472 e. The summed E-state index contributed by atoms with van der Waals surface area (Å²) in [6, 6.07) is 5.43. The largest absolute Gasteiger partial charge is 0.472 e. The molecule has 0 bridgehead atoms. The molecule has 0 saturated carbocycles. The fraction of sp³-hybridized carbons (Fsp3) is 0.267. The Hall–Kier alpha value is -3.23. The van der Waals surface area contributed by atoms with Crippen LogP contribution < -0.4 is 4.90 Å². The molecule has 0 N–H and O–H groups in total. The van der Waals surface area contributed by atoms with Crippen LogP contribution in [0.4, 0.5) is 5.82 Å². The second-order valence-electron chi connectivity index (χ2n) is 5.38. The molecule has 9 heteroatoms. The number of nitrogens with zero attached hydrogens (tertiary/aromatic N) is 7. The fourth-order valence-corrected chi connectivity index (χ4v) is 2.64. The lowest BCUT2D eigenvalue weighted by molar-refractivity contribution is 0.0746. The van der Waals surface area contributed by atoms with Gasteiger partial charge in [-0.05, 0) is 18.2 Å². The van der Waals surface area contributed by atoms with Crippen LogP contribution in [0, 0.1) is 0 Å². The third-order valence-corrected chi connectivity index (χ3v) is 3.95. The molecule has 0 unspecified atom stereocenters. The number of hydrogen-bond acceptors (Lipinski definition) is 7. The lowest BCUT2D eigenvalue weighted by Gasteiger charge is -2.35. The second kappa shape index (κ2) is 6.11. The highest BCUT2D eigenvalue weighted by Gasteiger charge is 2.23. The maximum Gasteiger partial charge on any atom is 0.257 e. The van der Waals surface area contributed by atoms with E-state index in [4.69, 9.17) is 4.42 Å². The molecule has 3 aromatic heterocycles. The Morgan fingerprint density at radius 1 is 1.04 bits per heavy atom. The van der Waals surface area contributed by atoms with E-state index in [2.05, 4.69) is 25.2 Å². The van der Waals surface area contributed by atoms with Crippen molar-refractivity contribution in [3.8, 4) is 5.82 Å². The van der Waals surface area contributed by atoms with Gasteiger partial charge in [-0.1, -0.05) is 0 Å². The van der Waals surface area contributed by atoms with Crippen LogP contribution in [0.5, 0.6) is 0 Å².